The molecule has 0 fully saturated rings. The van der Waals surface area contributed by atoms with E-state index < -0.39 is 12.2 Å². The van der Waals surface area contributed by atoms with Gasteiger partial charge in [-0.1, -0.05) is 30.4 Å². The van der Waals surface area contributed by atoms with Crippen LogP contribution in [0.15, 0.2) is 36.4 Å². The third-order valence-electron chi connectivity index (χ3n) is 4.30. The minimum Gasteiger partial charge on any atom is -0.446 e. The number of carbonyl (C=O) groups is 2. The Morgan fingerprint density at radius 1 is 1.08 bits per heavy atom. The standard InChI is InChI=1S/C19H25N3O4/c1-11(2)25-18(23)21-22(19(24)26-12(3)4)16-10-9-15-17(16)13-7-5-6-8-14(13)20-15/h5-12,15-17,20H,1-4H3,(H,21,23)/t15-,16-,17-/m1/s1. The van der Waals surface area contributed by atoms with Crippen LogP contribution >= 0.6 is 0 Å². The molecule has 7 nitrogen and oxygen atoms in total. The normalized spacial score (nSPS) is 22.6. The van der Waals surface area contributed by atoms with E-state index in [0.717, 1.165) is 11.3 Å². The van der Waals surface area contributed by atoms with Gasteiger partial charge in [0.15, 0.2) is 0 Å². The summed E-state index contributed by atoms with van der Waals surface area (Å²) < 4.78 is 10.5. The zero-order valence-electron chi connectivity index (χ0n) is 15.4. The predicted octanol–water partition coefficient (Wildman–Crippen LogP) is 3.40. The molecule has 1 aliphatic carbocycles. The fourth-order valence-corrected chi connectivity index (χ4v) is 3.39. The van der Waals surface area contributed by atoms with Gasteiger partial charge in [-0.15, -0.1) is 0 Å². The summed E-state index contributed by atoms with van der Waals surface area (Å²) in [7, 11) is 0. The van der Waals surface area contributed by atoms with Crippen LogP contribution < -0.4 is 10.7 Å². The number of para-hydroxylation sites is 1. The Hall–Kier alpha value is -2.70. The molecule has 1 heterocycles. The molecule has 0 spiro atoms. The number of fused-ring (bicyclic) bond motifs is 3. The van der Waals surface area contributed by atoms with Crippen molar-refractivity contribution in [3.8, 4) is 0 Å². The maximum absolute atomic E-state index is 12.6. The zero-order chi connectivity index (χ0) is 18.8. The van der Waals surface area contributed by atoms with Crippen LogP contribution in [0.3, 0.4) is 0 Å². The molecule has 26 heavy (non-hydrogen) atoms. The summed E-state index contributed by atoms with van der Waals surface area (Å²) in [6.07, 6.45) is 2.04. The number of hydrazine groups is 1. The third-order valence-corrected chi connectivity index (χ3v) is 4.30. The van der Waals surface area contributed by atoms with Crippen LogP contribution in [0.4, 0.5) is 15.3 Å². The van der Waals surface area contributed by atoms with Crippen LogP contribution in [0.2, 0.25) is 0 Å². The van der Waals surface area contributed by atoms with Gasteiger partial charge in [0.1, 0.15) is 0 Å². The van der Waals surface area contributed by atoms with Crippen molar-refractivity contribution in [2.24, 2.45) is 0 Å². The second kappa shape index (κ2) is 7.27. The zero-order valence-corrected chi connectivity index (χ0v) is 15.4. The molecule has 1 aromatic rings. The highest BCUT2D eigenvalue weighted by molar-refractivity contribution is 5.75. The highest BCUT2D eigenvalue weighted by atomic mass is 16.6. The molecular weight excluding hydrogens is 334 g/mol. The van der Waals surface area contributed by atoms with Gasteiger partial charge in [-0.25, -0.2) is 20.0 Å². The lowest BCUT2D eigenvalue weighted by Crippen LogP contribution is -2.54. The lowest BCUT2D eigenvalue weighted by atomic mass is 9.93. The Kier molecular flexibility index (Phi) is 5.06. The summed E-state index contributed by atoms with van der Waals surface area (Å²) in [6, 6.07) is 7.67. The molecule has 0 aromatic heterocycles. The van der Waals surface area contributed by atoms with E-state index in [1.165, 1.54) is 5.01 Å². The molecule has 2 aliphatic rings. The molecule has 0 saturated carbocycles. The largest absolute Gasteiger partial charge is 0.446 e. The van der Waals surface area contributed by atoms with Gasteiger partial charge in [-0.2, -0.15) is 0 Å². The molecule has 0 unspecified atom stereocenters. The number of nitrogens with one attached hydrogen (secondary N) is 2. The Bertz CT molecular complexity index is 716. The Labute approximate surface area is 153 Å². The van der Waals surface area contributed by atoms with E-state index >= 15 is 0 Å². The van der Waals surface area contributed by atoms with Crippen molar-refractivity contribution in [3.63, 3.8) is 0 Å². The van der Waals surface area contributed by atoms with Gasteiger partial charge in [0, 0.05) is 11.6 Å². The van der Waals surface area contributed by atoms with E-state index in [-0.39, 0.29) is 30.2 Å². The molecule has 2 N–H and O–H groups in total. The quantitative estimate of drug-likeness (QED) is 0.639. The lowest BCUT2D eigenvalue weighted by molar-refractivity contribution is 0.0355. The number of benzene rings is 1. The van der Waals surface area contributed by atoms with Crippen molar-refractivity contribution in [3.05, 3.63) is 42.0 Å². The van der Waals surface area contributed by atoms with E-state index in [4.69, 9.17) is 9.47 Å². The monoisotopic (exact) mass is 359 g/mol. The lowest BCUT2D eigenvalue weighted by Gasteiger charge is -2.32. The second-order valence-electron chi connectivity index (χ2n) is 7.03. The highest BCUT2D eigenvalue weighted by Gasteiger charge is 2.44. The molecule has 1 aliphatic heterocycles. The summed E-state index contributed by atoms with van der Waals surface area (Å²) in [5.41, 5.74) is 4.70. The molecule has 140 valence electrons. The Morgan fingerprint density at radius 2 is 1.77 bits per heavy atom. The minimum absolute atomic E-state index is 0.00902. The number of nitrogens with zero attached hydrogens (tertiary/aromatic N) is 1. The van der Waals surface area contributed by atoms with Crippen molar-refractivity contribution in [2.45, 2.75) is 57.9 Å². The van der Waals surface area contributed by atoms with Crippen LogP contribution in [-0.2, 0) is 9.47 Å². The number of amides is 2. The Balaban J connectivity index is 1.85. The summed E-state index contributed by atoms with van der Waals surface area (Å²) in [5, 5.41) is 4.67. The first kappa shape index (κ1) is 18.1. The molecule has 3 atom stereocenters. The number of hydrogen-bond donors (Lipinski definition) is 2. The first-order valence-electron chi connectivity index (χ1n) is 8.87. The summed E-state index contributed by atoms with van der Waals surface area (Å²) in [5.74, 6) is -0.00902. The molecule has 7 heteroatoms. The number of carbonyl (C=O) groups excluding carboxylic acids is 2. The van der Waals surface area contributed by atoms with Crippen LogP contribution in [0.25, 0.3) is 0 Å². The summed E-state index contributed by atoms with van der Waals surface area (Å²) in [6.45, 7) is 7.03. The van der Waals surface area contributed by atoms with Gasteiger partial charge in [0.2, 0.25) is 0 Å². The van der Waals surface area contributed by atoms with E-state index in [2.05, 4.69) is 10.7 Å². The second-order valence-corrected chi connectivity index (χ2v) is 7.03. The van der Waals surface area contributed by atoms with Gasteiger partial charge in [-0.3, -0.25) is 0 Å². The van der Waals surface area contributed by atoms with E-state index in [1.54, 1.807) is 27.7 Å². The first-order valence-corrected chi connectivity index (χ1v) is 8.87. The molecule has 2 amide bonds. The average molecular weight is 359 g/mol. The smallest absolute Gasteiger partial charge is 0.429 e. The van der Waals surface area contributed by atoms with Crippen molar-refractivity contribution < 1.29 is 19.1 Å². The van der Waals surface area contributed by atoms with Gasteiger partial charge in [0.25, 0.3) is 0 Å². The molecule has 0 bridgehead atoms. The van der Waals surface area contributed by atoms with Crippen molar-refractivity contribution in [1.29, 1.82) is 0 Å². The number of hydrogen-bond acceptors (Lipinski definition) is 5. The van der Waals surface area contributed by atoms with E-state index in [1.807, 2.05) is 36.4 Å². The predicted molar refractivity (Wildman–Crippen MR) is 97.7 cm³/mol. The van der Waals surface area contributed by atoms with Crippen molar-refractivity contribution in [2.75, 3.05) is 5.32 Å². The summed E-state index contributed by atoms with van der Waals surface area (Å²) in [4.78, 5) is 24.8. The van der Waals surface area contributed by atoms with Crippen LogP contribution in [0, 0.1) is 0 Å². The highest BCUT2D eigenvalue weighted by Crippen LogP contribution is 2.43. The average Bonchev–Trinajstić information content (AvgIpc) is 3.10. The minimum atomic E-state index is -0.684. The van der Waals surface area contributed by atoms with Crippen molar-refractivity contribution >= 4 is 17.9 Å². The van der Waals surface area contributed by atoms with E-state index in [0.29, 0.717) is 0 Å². The Morgan fingerprint density at radius 3 is 2.46 bits per heavy atom. The third kappa shape index (κ3) is 3.61. The van der Waals surface area contributed by atoms with Crippen LogP contribution in [0.5, 0.6) is 0 Å². The fourth-order valence-electron chi connectivity index (χ4n) is 3.39. The van der Waals surface area contributed by atoms with Crippen LogP contribution in [-0.4, -0.2) is 41.5 Å². The van der Waals surface area contributed by atoms with Crippen LogP contribution in [0.1, 0.15) is 39.2 Å². The number of anilines is 1. The first-order chi connectivity index (χ1) is 12.4. The van der Waals surface area contributed by atoms with Crippen molar-refractivity contribution in [1.82, 2.24) is 10.4 Å². The topological polar surface area (TPSA) is 79.9 Å². The van der Waals surface area contributed by atoms with Gasteiger partial charge in [0.05, 0.1) is 24.3 Å². The SMILES string of the molecule is CC(C)OC(=O)NN(C(=O)OC(C)C)[C@@H]1C=C[C@H]2Nc3ccccc3[C@@H]12. The summed E-state index contributed by atoms with van der Waals surface area (Å²) >= 11 is 0. The molecule has 0 saturated heterocycles. The van der Waals surface area contributed by atoms with Gasteiger partial charge < -0.3 is 14.8 Å². The fraction of sp³-hybridized carbons (Fsp3) is 0.474. The molecule has 3 rings (SSSR count). The molecule has 1 aromatic carbocycles. The molecule has 0 radical (unpaired) electrons. The number of ether oxygens (including phenoxy) is 2. The number of rotatable bonds is 3. The van der Waals surface area contributed by atoms with Gasteiger partial charge >= 0.3 is 12.2 Å². The van der Waals surface area contributed by atoms with E-state index in [9.17, 15) is 9.59 Å². The van der Waals surface area contributed by atoms with Gasteiger partial charge in [-0.05, 0) is 39.3 Å². The maximum Gasteiger partial charge on any atom is 0.429 e. The molecular formula is C19H25N3O4. The maximum atomic E-state index is 12.6.